The van der Waals surface area contributed by atoms with Gasteiger partial charge >= 0.3 is 5.97 Å². The number of carbonyl (C=O) groups excluding carboxylic acids is 1. The fraction of sp³-hybridized carbons (Fsp3) is 0.154. The zero-order valence-corrected chi connectivity index (χ0v) is 10.0. The molecule has 1 amide bonds. The molecular weight excluding hydrogens is 232 g/mol. The van der Waals surface area contributed by atoms with Gasteiger partial charge in [0.1, 0.15) is 0 Å². The van der Waals surface area contributed by atoms with Crippen LogP contribution < -0.4 is 5.32 Å². The normalized spacial score (nSPS) is 11.2. The molecule has 0 spiro atoms. The summed E-state index contributed by atoms with van der Waals surface area (Å²) < 4.78 is 0. The molecule has 1 aromatic rings. The fourth-order valence-electron chi connectivity index (χ4n) is 1.18. The maximum Gasteiger partial charge on any atom is 0.331 e. The fourth-order valence-corrected chi connectivity index (χ4v) is 1.18. The molecule has 1 rings (SSSR count). The lowest BCUT2D eigenvalue weighted by Gasteiger charge is -2.06. The number of anilines is 1. The number of nitrogens with zero attached hydrogens (tertiary/aromatic N) is 1. The minimum atomic E-state index is -1.12. The Hall–Kier alpha value is -2.61. The largest absolute Gasteiger partial charge is 0.478 e. The number of nitrogens with one attached hydrogen (secondary N) is 1. The summed E-state index contributed by atoms with van der Waals surface area (Å²) in [6, 6.07) is 8.27. The third-order valence-corrected chi connectivity index (χ3v) is 2.50. The van der Waals surface area contributed by atoms with Crippen molar-refractivity contribution >= 4 is 17.6 Å². The summed E-state index contributed by atoms with van der Waals surface area (Å²) in [4.78, 5) is 22.4. The van der Waals surface area contributed by atoms with E-state index in [9.17, 15) is 9.59 Å². The van der Waals surface area contributed by atoms with E-state index in [4.69, 9.17) is 10.4 Å². The first-order chi connectivity index (χ1) is 8.45. The molecule has 0 bridgehead atoms. The maximum atomic E-state index is 11.7. The van der Waals surface area contributed by atoms with Crippen molar-refractivity contribution in [1.82, 2.24) is 0 Å². The molecule has 0 saturated carbocycles. The van der Waals surface area contributed by atoms with Gasteiger partial charge in [0.2, 0.25) is 0 Å². The van der Waals surface area contributed by atoms with Gasteiger partial charge in [0, 0.05) is 16.8 Å². The van der Waals surface area contributed by atoms with Gasteiger partial charge in [0.15, 0.2) is 0 Å². The Balaban J connectivity index is 2.85. The Morgan fingerprint density at radius 3 is 2.17 bits per heavy atom. The Morgan fingerprint density at radius 2 is 1.72 bits per heavy atom. The number of hydrogen-bond donors (Lipinski definition) is 2. The summed E-state index contributed by atoms with van der Waals surface area (Å²) in [5, 5.41) is 19.9. The van der Waals surface area contributed by atoms with Crippen molar-refractivity contribution in [2.75, 3.05) is 5.32 Å². The molecule has 18 heavy (non-hydrogen) atoms. The van der Waals surface area contributed by atoms with Crippen molar-refractivity contribution in [3.8, 4) is 6.07 Å². The molecule has 0 aliphatic rings. The molecule has 5 heteroatoms. The van der Waals surface area contributed by atoms with Crippen LogP contribution in [0.3, 0.4) is 0 Å². The molecule has 0 aromatic heterocycles. The van der Waals surface area contributed by atoms with E-state index in [0.717, 1.165) is 0 Å². The van der Waals surface area contributed by atoms with E-state index in [1.54, 1.807) is 24.3 Å². The molecule has 2 N–H and O–H groups in total. The van der Waals surface area contributed by atoms with Gasteiger partial charge in [-0.3, -0.25) is 4.79 Å². The molecule has 0 atom stereocenters. The highest BCUT2D eigenvalue weighted by Gasteiger charge is 2.12. The van der Waals surface area contributed by atoms with Crippen molar-refractivity contribution in [3.05, 3.63) is 41.0 Å². The van der Waals surface area contributed by atoms with Crippen molar-refractivity contribution in [2.45, 2.75) is 13.8 Å². The number of hydrogen-bond acceptors (Lipinski definition) is 3. The second kappa shape index (κ2) is 5.64. The number of amides is 1. The third kappa shape index (κ3) is 3.19. The first-order valence-electron chi connectivity index (χ1n) is 5.18. The molecule has 0 radical (unpaired) electrons. The van der Waals surface area contributed by atoms with Crippen LogP contribution in [-0.2, 0) is 9.59 Å². The topological polar surface area (TPSA) is 90.2 Å². The first kappa shape index (κ1) is 13.5. The van der Waals surface area contributed by atoms with E-state index in [1.807, 2.05) is 6.07 Å². The zero-order valence-electron chi connectivity index (χ0n) is 10.0. The minimum absolute atomic E-state index is 0.00106. The van der Waals surface area contributed by atoms with E-state index in [1.165, 1.54) is 13.8 Å². The van der Waals surface area contributed by atoms with Crippen LogP contribution in [0.2, 0.25) is 0 Å². The van der Waals surface area contributed by atoms with Crippen molar-refractivity contribution < 1.29 is 14.7 Å². The highest BCUT2D eigenvalue weighted by molar-refractivity contribution is 6.08. The molecular formula is C13H12N2O3. The number of aliphatic carboxylic acids is 1. The van der Waals surface area contributed by atoms with Crippen molar-refractivity contribution in [3.63, 3.8) is 0 Å². The molecule has 0 unspecified atom stereocenters. The van der Waals surface area contributed by atoms with Crippen LogP contribution in [0.4, 0.5) is 5.69 Å². The van der Waals surface area contributed by atoms with Crippen LogP contribution >= 0.6 is 0 Å². The molecule has 0 fully saturated rings. The zero-order chi connectivity index (χ0) is 13.7. The lowest BCUT2D eigenvalue weighted by Crippen LogP contribution is -2.16. The smallest absolute Gasteiger partial charge is 0.331 e. The van der Waals surface area contributed by atoms with E-state index in [0.29, 0.717) is 11.3 Å². The summed E-state index contributed by atoms with van der Waals surface area (Å²) in [7, 11) is 0. The Morgan fingerprint density at radius 1 is 1.17 bits per heavy atom. The summed E-state index contributed by atoms with van der Waals surface area (Å²) in [6.45, 7) is 2.82. The molecule has 0 aliphatic heterocycles. The number of carboxylic acids is 1. The molecule has 1 aromatic carbocycles. The monoisotopic (exact) mass is 244 g/mol. The van der Waals surface area contributed by atoms with Crippen LogP contribution in [0.25, 0.3) is 0 Å². The maximum absolute atomic E-state index is 11.7. The Kier molecular flexibility index (Phi) is 4.22. The van der Waals surface area contributed by atoms with Crippen LogP contribution in [0.5, 0.6) is 0 Å². The summed E-state index contributed by atoms with van der Waals surface area (Å²) >= 11 is 0. The SMILES string of the molecule is C/C(C(=O)O)=C(\C)C(=O)Nc1ccc(C#N)cc1. The predicted octanol–water partition coefficient (Wildman–Crippen LogP) is 1.92. The summed E-state index contributed by atoms with van der Waals surface area (Å²) in [5.74, 6) is -1.60. The Bertz CT molecular complexity index is 551. The lowest BCUT2D eigenvalue weighted by atomic mass is 10.1. The second-order valence-electron chi connectivity index (χ2n) is 3.70. The molecule has 0 aliphatic carbocycles. The minimum Gasteiger partial charge on any atom is -0.478 e. The summed E-state index contributed by atoms with van der Waals surface area (Å²) in [5.41, 5.74) is 1.14. The van der Waals surface area contributed by atoms with Crippen LogP contribution in [0.15, 0.2) is 35.4 Å². The average molecular weight is 244 g/mol. The highest BCUT2D eigenvalue weighted by atomic mass is 16.4. The number of rotatable bonds is 3. The molecule has 0 heterocycles. The van der Waals surface area contributed by atoms with Gasteiger partial charge in [-0.2, -0.15) is 5.26 Å². The number of nitriles is 1. The third-order valence-electron chi connectivity index (χ3n) is 2.50. The van der Waals surface area contributed by atoms with Gasteiger partial charge in [-0.05, 0) is 38.1 Å². The number of carboxylic acid groups (broad SMARTS) is 1. The Labute approximate surface area is 104 Å². The van der Waals surface area contributed by atoms with Crippen LogP contribution in [0.1, 0.15) is 19.4 Å². The van der Waals surface area contributed by atoms with Gasteiger partial charge < -0.3 is 10.4 Å². The highest BCUT2D eigenvalue weighted by Crippen LogP contribution is 2.12. The number of carbonyl (C=O) groups is 2. The summed E-state index contributed by atoms with van der Waals surface area (Å²) in [6.07, 6.45) is 0. The molecule has 92 valence electrons. The van der Waals surface area contributed by atoms with E-state index >= 15 is 0 Å². The van der Waals surface area contributed by atoms with Crippen LogP contribution in [0, 0.1) is 11.3 Å². The van der Waals surface area contributed by atoms with Gasteiger partial charge in [-0.15, -0.1) is 0 Å². The predicted molar refractivity (Wildman–Crippen MR) is 65.8 cm³/mol. The van der Waals surface area contributed by atoms with Gasteiger partial charge in [0.05, 0.1) is 11.6 Å². The second-order valence-corrected chi connectivity index (χ2v) is 3.70. The molecule has 5 nitrogen and oxygen atoms in total. The quantitative estimate of drug-likeness (QED) is 0.795. The molecule has 0 saturated heterocycles. The van der Waals surface area contributed by atoms with E-state index in [2.05, 4.69) is 5.32 Å². The van der Waals surface area contributed by atoms with Crippen molar-refractivity contribution in [2.24, 2.45) is 0 Å². The standard InChI is InChI=1S/C13H12N2O3/c1-8(9(2)13(17)18)12(16)15-11-5-3-10(7-14)4-6-11/h3-6H,1-2H3,(H,15,16)(H,17,18)/b9-8-. The van der Waals surface area contributed by atoms with E-state index < -0.39 is 11.9 Å². The number of benzene rings is 1. The van der Waals surface area contributed by atoms with Crippen LogP contribution in [-0.4, -0.2) is 17.0 Å². The van der Waals surface area contributed by atoms with Gasteiger partial charge in [0.25, 0.3) is 5.91 Å². The van der Waals surface area contributed by atoms with Gasteiger partial charge in [-0.1, -0.05) is 0 Å². The lowest BCUT2D eigenvalue weighted by molar-refractivity contribution is -0.133. The average Bonchev–Trinajstić information content (AvgIpc) is 2.37. The van der Waals surface area contributed by atoms with Crippen molar-refractivity contribution in [1.29, 1.82) is 5.26 Å². The van der Waals surface area contributed by atoms with Gasteiger partial charge in [-0.25, -0.2) is 4.79 Å². The first-order valence-corrected chi connectivity index (χ1v) is 5.18. The van der Waals surface area contributed by atoms with E-state index in [-0.39, 0.29) is 11.1 Å².